The fraction of sp³-hybridized carbons (Fsp3) is 0.429. The first kappa shape index (κ1) is 14.0. The van der Waals surface area contributed by atoms with Gasteiger partial charge in [-0.2, -0.15) is 16.7 Å². The van der Waals surface area contributed by atoms with Gasteiger partial charge in [0.25, 0.3) is 0 Å². The summed E-state index contributed by atoms with van der Waals surface area (Å²) in [4.78, 5) is 4.51. The molecule has 1 fully saturated rings. The molecule has 20 heavy (non-hydrogen) atoms. The van der Waals surface area contributed by atoms with E-state index in [2.05, 4.69) is 10.1 Å². The zero-order chi connectivity index (χ0) is 13.8. The number of hydrogen-bond donors (Lipinski definition) is 1. The molecule has 0 radical (unpaired) electrons. The summed E-state index contributed by atoms with van der Waals surface area (Å²) in [5.74, 6) is 4.88. The van der Waals surface area contributed by atoms with Gasteiger partial charge in [-0.3, -0.25) is 0 Å². The fourth-order valence-electron chi connectivity index (χ4n) is 2.12. The van der Waals surface area contributed by atoms with E-state index in [0.717, 1.165) is 22.9 Å². The van der Waals surface area contributed by atoms with E-state index in [1.54, 1.807) is 0 Å². The highest BCUT2D eigenvalue weighted by atomic mass is 32.2. The Labute approximate surface area is 126 Å². The Balaban J connectivity index is 1.65. The number of nitrogens with two attached hydrogens (primary N) is 1. The summed E-state index contributed by atoms with van der Waals surface area (Å²) < 4.78 is 5.35. The van der Waals surface area contributed by atoms with E-state index >= 15 is 0 Å². The normalized spacial score (nSPS) is 20.8. The first-order valence-electron chi connectivity index (χ1n) is 6.65. The first-order valence-corrected chi connectivity index (χ1v) is 8.85. The molecular formula is C14H17N3OS2. The molecule has 4 nitrogen and oxygen atoms in total. The Hall–Kier alpha value is -0.980. The standard InChI is InChI=1S/C14H17N3OS2/c15-11(10-4-2-1-3-5-10)8-13-16-14(17-18-13)12-9-19-6-7-20-12/h1-5,11-12H,6-9,15H2. The van der Waals surface area contributed by atoms with E-state index in [0.29, 0.717) is 17.6 Å². The second-order valence-corrected chi connectivity index (χ2v) is 7.16. The molecule has 0 spiro atoms. The zero-order valence-corrected chi connectivity index (χ0v) is 12.7. The van der Waals surface area contributed by atoms with Crippen molar-refractivity contribution in [2.24, 2.45) is 5.73 Å². The van der Waals surface area contributed by atoms with Gasteiger partial charge in [-0.25, -0.2) is 0 Å². The van der Waals surface area contributed by atoms with Crippen molar-refractivity contribution in [3.05, 3.63) is 47.6 Å². The molecule has 1 aromatic heterocycles. The molecule has 1 aliphatic rings. The third kappa shape index (κ3) is 3.37. The summed E-state index contributed by atoms with van der Waals surface area (Å²) >= 11 is 3.86. The van der Waals surface area contributed by atoms with Crippen molar-refractivity contribution < 1.29 is 4.52 Å². The van der Waals surface area contributed by atoms with Crippen LogP contribution in [0.1, 0.15) is 28.6 Å². The Kier molecular flexibility index (Phi) is 4.65. The average Bonchev–Trinajstić information content (AvgIpc) is 2.97. The van der Waals surface area contributed by atoms with Gasteiger partial charge in [0.15, 0.2) is 5.82 Å². The van der Waals surface area contributed by atoms with Gasteiger partial charge < -0.3 is 10.3 Å². The van der Waals surface area contributed by atoms with Gasteiger partial charge in [0.05, 0.1) is 5.25 Å². The van der Waals surface area contributed by atoms with Crippen molar-refractivity contribution in [2.75, 3.05) is 17.3 Å². The smallest absolute Gasteiger partial charge is 0.228 e. The zero-order valence-electron chi connectivity index (χ0n) is 11.1. The quantitative estimate of drug-likeness (QED) is 0.937. The fourth-order valence-corrected chi connectivity index (χ4v) is 4.71. The highest BCUT2D eigenvalue weighted by molar-refractivity contribution is 8.06. The molecule has 1 aromatic carbocycles. The van der Waals surface area contributed by atoms with Gasteiger partial charge >= 0.3 is 0 Å². The maximum atomic E-state index is 6.18. The molecule has 2 heterocycles. The molecule has 0 aliphatic carbocycles. The third-order valence-corrected chi connectivity index (χ3v) is 5.96. The van der Waals surface area contributed by atoms with Crippen molar-refractivity contribution >= 4 is 23.5 Å². The molecule has 106 valence electrons. The van der Waals surface area contributed by atoms with Crippen molar-refractivity contribution in [1.82, 2.24) is 10.1 Å². The molecule has 2 aromatic rings. The van der Waals surface area contributed by atoms with Crippen LogP contribution in [0, 0.1) is 0 Å². The van der Waals surface area contributed by atoms with E-state index in [9.17, 15) is 0 Å². The van der Waals surface area contributed by atoms with E-state index in [1.807, 2.05) is 53.9 Å². The molecule has 0 saturated carbocycles. The maximum Gasteiger partial charge on any atom is 0.228 e. The Morgan fingerprint density at radius 2 is 2.15 bits per heavy atom. The molecule has 2 unspecified atom stereocenters. The number of nitrogens with zero attached hydrogens (tertiary/aromatic N) is 2. The predicted octanol–water partition coefficient (Wildman–Crippen LogP) is 2.83. The van der Waals surface area contributed by atoms with E-state index in [1.165, 1.54) is 5.75 Å². The van der Waals surface area contributed by atoms with Gasteiger partial charge in [-0.15, -0.1) is 11.8 Å². The lowest BCUT2D eigenvalue weighted by Gasteiger charge is -2.17. The first-order chi connectivity index (χ1) is 9.83. The van der Waals surface area contributed by atoms with E-state index in [4.69, 9.17) is 10.3 Å². The van der Waals surface area contributed by atoms with Gasteiger partial charge in [0.2, 0.25) is 5.89 Å². The van der Waals surface area contributed by atoms with Crippen LogP contribution in [0.25, 0.3) is 0 Å². The number of rotatable bonds is 4. The molecule has 2 atom stereocenters. The predicted molar refractivity (Wildman–Crippen MR) is 83.9 cm³/mol. The van der Waals surface area contributed by atoms with Crippen LogP contribution >= 0.6 is 23.5 Å². The Morgan fingerprint density at radius 1 is 1.30 bits per heavy atom. The SMILES string of the molecule is NC(Cc1nc(C2CSCCS2)no1)c1ccccc1. The average molecular weight is 307 g/mol. The number of hydrogen-bond acceptors (Lipinski definition) is 6. The summed E-state index contributed by atoms with van der Waals surface area (Å²) in [6.07, 6.45) is 0.585. The summed E-state index contributed by atoms with van der Waals surface area (Å²) in [7, 11) is 0. The van der Waals surface area contributed by atoms with Gasteiger partial charge in [-0.05, 0) is 5.56 Å². The second-order valence-electron chi connectivity index (χ2n) is 4.70. The summed E-state index contributed by atoms with van der Waals surface area (Å²) in [5, 5.41) is 4.47. The third-order valence-electron chi connectivity index (χ3n) is 3.21. The molecule has 0 bridgehead atoms. The minimum absolute atomic E-state index is 0.0992. The van der Waals surface area contributed by atoms with Gasteiger partial charge in [-0.1, -0.05) is 35.5 Å². The van der Waals surface area contributed by atoms with E-state index < -0.39 is 0 Å². The largest absolute Gasteiger partial charge is 0.339 e. The molecular weight excluding hydrogens is 290 g/mol. The number of thioether (sulfide) groups is 2. The number of aromatic nitrogens is 2. The van der Waals surface area contributed by atoms with Gasteiger partial charge in [0, 0.05) is 29.7 Å². The molecule has 3 rings (SSSR count). The second kappa shape index (κ2) is 6.65. The lowest BCUT2D eigenvalue weighted by molar-refractivity contribution is 0.365. The topological polar surface area (TPSA) is 64.9 Å². The molecule has 0 amide bonds. The van der Waals surface area contributed by atoms with Crippen LogP contribution in [0.2, 0.25) is 0 Å². The van der Waals surface area contributed by atoms with Crippen LogP contribution in [0.5, 0.6) is 0 Å². The Bertz CT molecular complexity index is 540. The minimum Gasteiger partial charge on any atom is -0.339 e. The molecule has 1 saturated heterocycles. The van der Waals surface area contributed by atoms with Crippen LogP contribution in [-0.4, -0.2) is 27.4 Å². The monoisotopic (exact) mass is 307 g/mol. The maximum absolute atomic E-state index is 6.18. The highest BCUT2D eigenvalue weighted by Crippen LogP contribution is 2.35. The van der Waals surface area contributed by atoms with Gasteiger partial charge in [0.1, 0.15) is 0 Å². The molecule has 2 N–H and O–H groups in total. The van der Waals surface area contributed by atoms with Crippen LogP contribution in [0.4, 0.5) is 0 Å². The number of benzene rings is 1. The van der Waals surface area contributed by atoms with Crippen molar-refractivity contribution in [1.29, 1.82) is 0 Å². The minimum atomic E-state index is -0.0992. The van der Waals surface area contributed by atoms with Crippen LogP contribution in [-0.2, 0) is 6.42 Å². The van der Waals surface area contributed by atoms with Crippen LogP contribution < -0.4 is 5.73 Å². The lowest BCUT2D eigenvalue weighted by Crippen LogP contribution is -2.13. The van der Waals surface area contributed by atoms with Crippen molar-refractivity contribution in [3.8, 4) is 0 Å². The summed E-state index contributed by atoms with van der Waals surface area (Å²) in [5.41, 5.74) is 7.27. The van der Waals surface area contributed by atoms with Crippen molar-refractivity contribution in [2.45, 2.75) is 17.7 Å². The summed E-state index contributed by atoms with van der Waals surface area (Å²) in [6, 6.07) is 9.91. The van der Waals surface area contributed by atoms with E-state index in [-0.39, 0.29) is 6.04 Å². The van der Waals surface area contributed by atoms with Crippen LogP contribution in [0.3, 0.4) is 0 Å². The Morgan fingerprint density at radius 3 is 2.90 bits per heavy atom. The molecule has 6 heteroatoms. The highest BCUT2D eigenvalue weighted by Gasteiger charge is 2.22. The van der Waals surface area contributed by atoms with Crippen LogP contribution in [0.15, 0.2) is 34.9 Å². The summed E-state index contributed by atoms with van der Waals surface area (Å²) in [6.45, 7) is 0. The molecule has 1 aliphatic heterocycles. The van der Waals surface area contributed by atoms with Crippen molar-refractivity contribution in [3.63, 3.8) is 0 Å². The lowest BCUT2D eigenvalue weighted by atomic mass is 10.1.